The van der Waals surface area contributed by atoms with Crippen LogP contribution < -0.4 is 0 Å². The van der Waals surface area contributed by atoms with Crippen LogP contribution in [0.5, 0.6) is 0 Å². The van der Waals surface area contributed by atoms with Crippen molar-refractivity contribution in [3.05, 3.63) is 0 Å². The zero-order valence-electron chi connectivity index (χ0n) is 11.0. The molecule has 0 N–H and O–H groups in total. The first-order valence-electron chi connectivity index (χ1n) is 6.58. The van der Waals surface area contributed by atoms with Gasteiger partial charge in [-0.1, -0.05) is 12.8 Å². The summed E-state index contributed by atoms with van der Waals surface area (Å²) in [6.45, 7) is 3.76. The first-order chi connectivity index (χ1) is 8.33. The predicted octanol–water partition coefficient (Wildman–Crippen LogP) is 2.55. The van der Waals surface area contributed by atoms with Crippen LogP contribution >= 0.6 is 12.6 Å². The molecule has 0 atom stereocenters. The summed E-state index contributed by atoms with van der Waals surface area (Å²) in [6, 6.07) is 0. The molecule has 0 amide bonds. The Kier molecular flexibility index (Phi) is 8.27. The third-order valence-electron chi connectivity index (χ3n) is 3.42. The number of hydrogen-bond acceptors (Lipinski definition) is 4. The molecular weight excluding hydrogens is 236 g/mol. The molecule has 0 bridgehead atoms. The lowest BCUT2D eigenvalue weighted by molar-refractivity contribution is 0.00945. The van der Waals surface area contributed by atoms with Crippen LogP contribution in [0.1, 0.15) is 32.1 Å². The number of hydrogen-bond donors (Lipinski definition) is 1. The fourth-order valence-corrected chi connectivity index (χ4v) is 2.69. The molecule has 0 aromatic carbocycles. The Morgan fingerprint density at radius 1 is 1.00 bits per heavy atom. The highest BCUT2D eigenvalue weighted by Gasteiger charge is 2.32. The van der Waals surface area contributed by atoms with E-state index in [2.05, 4.69) is 12.6 Å². The maximum Gasteiger partial charge on any atom is 0.0700 e. The van der Waals surface area contributed by atoms with Crippen molar-refractivity contribution in [1.82, 2.24) is 0 Å². The van der Waals surface area contributed by atoms with E-state index < -0.39 is 0 Å². The number of ether oxygens (including phenoxy) is 3. The molecule has 0 aromatic rings. The van der Waals surface area contributed by atoms with Gasteiger partial charge >= 0.3 is 0 Å². The van der Waals surface area contributed by atoms with Gasteiger partial charge in [0.05, 0.1) is 19.8 Å². The lowest BCUT2D eigenvalue weighted by Gasteiger charge is -2.26. The van der Waals surface area contributed by atoms with Gasteiger partial charge in [0.2, 0.25) is 0 Å². The van der Waals surface area contributed by atoms with Crippen LogP contribution in [0.25, 0.3) is 0 Å². The summed E-state index contributed by atoms with van der Waals surface area (Å²) in [7, 11) is 1.71. The normalized spacial score (nSPS) is 18.7. The monoisotopic (exact) mass is 262 g/mol. The van der Waals surface area contributed by atoms with E-state index in [1.54, 1.807) is 7.11 Å². The van der Waals surface area contributed by atoms with Crippen molar-refractivity contribution in [3.8, 4) is 0 Å². The molecule has 1 fully saturated rings. The minimum atomic E-state index is 0.346. The van der Waals surface area contributed by atoms with Crippen molar-refractivity contribution < 1.29 is 14.2 Å². The third kappa shape index (κ3) is 6.09. The van der Waals surface area contributed by atoms with Crippen molar-refractivity contribution in [1.29, 1.82) is 0 Å². The summed E-state index contributed by atoms with van der Waals surface area (Å²) >= 11 is 4.46. The Hall–Kier alpha value is 0.230. The summed E-state index contributed by atoms with van der Waals surface area (Å²) in [5.41, 5.74) is 0.346. The SMILES string of the molecule is COCCCOCCOCC1(CS)CCCC1. The van der Waals surface area contributed by atoms with Crippen molar-refractivity contribution in [2.45, 2.75) is 32.1 Å². The Morgan fingerprint density at radius 2 is 1.71 bits per heavy atom. The molecular formula is C13H26O3S. The topological polar surface area (TPSA) is 27.7 Å². The average Bonchev–Trinajstić information content (AvgIpc) is 2.82. The molecule has 1 rings (SSSR count). The van der Waals surface area contributed by atoms with Gasteiger partial charge in [-0.25, -0.2) is 0 Å². The largest absolute Gasteiger partial charge is 0.385 e. The lowest BCUT2D eigenvalue weighted by atomic mass is 9.90. The first kappa shape index (κ1) is 15.3. The highest BCUT2D eigenvalue weighted by Crippen LogP contribution is 2.39. The quantitative estimate of drug-likeness (QED) is 0.484. The summed E-state index contributed by atoms with van der Waals surface area (Å²) in [5.74, 6) is 0.946. The molecule has 0 spiro atoms. The van der Waals surface area contributed by atoms with Crippen LogP contribution in [0.2, 0.25) is 0 Å². The van der Waals surface area contributed by atoms with Gasteiger partial charge in [-0.15, -0.1) is 0 Å². The van der Waals surface area contributed by atoms with E-state index in [1.165, 1.54) is 25.7 Å². The Bertz CT molecular complexity index is 182. The van der Waals surface area contributed by atoms with Crippen LogP contribution in [0, 0.1) is 5.41 Å². The zero-order valence-corrected chi connectivity index (χ0v) is 11.8. The molecule has 0 radical (unpaired) electrons. The zero-order chi connectivity index (χ0) is 12.4. The van der Waals surface area contributed by atoms with E-state index in [-0.39, 0.29) is 0 Å². The molecule has 17 heavy (non-hydrogen) atoms. The van der Waals surface area contributed by atoms with Gasteiger partial charge in [0.1, 0.15) is 0 Å². The molecule has 0 heterocycles. The molecule has 102 valence electrons. The molecule has 1 aliphatic carbocycles. The van der Waals surface area contributed by atoms with Gasteiger partial charge < -0.3 is 14.2 Å². The molecule has 3 nitrogen and oxygen atoms in total. The van der Waals surface area contributed by atoms with Crippen molar-refractivity contribution in [2.24, 2.45) is 5.41 Å². The standard InChI is InChI=1S/C13H26O3S/c1-14-7-4-8-15-9-10-16-11-13(12-17)5-2-3-6-13/h17H,2-12H2,1H3. The van der Waals surface area contributed by atoms with E-state index in [4.69, 9.17) is 14.2 Å². The minimum absolute atomic E-state index is 0.346. The van der Waals surface area contributed by atoms with Crippen LogP contribution in [0.15, 0.2) is 0 Å². The maximum atomic E-state index is 5.71. The Morgan fingerprint density at radius 3 is 2.35 bits per heavy atom. The Labute approximate surface area is 111 Å². The van der Waals surface area contributed by atoms with Crippen LogP contribution in [-0.4, -0.2) is 45.9 Å². The van der Waals surface area contributed by atoms with Gasteiger partial charge in [0, 0.05) is 25.7 Å². The predicted molar refractivity (Wildman–Crippen MR) is 72.9 cm³/mol. The van der Waals surface area contributed by atoms with E-state index in [0.29, 0.717) is 18.6 Å². The van der Waals surface area contributed by atoms with Crippen molar-refractivity contribution in [3.63, 3.8) is 0 Å². The lowest BCUT2D eigenvalue weighted by Crippen LogP contribution is -2.26. The minimum Gasteiger partial charge on any atom is -0.385 e. The molecule has 0 aliphatic heterocycles. The van der Waals surface area contributed by atoms with E-state index in [9.17, 15) is 0 Å². The first-order valence-corrected chi connectivity index (χ1v) is 7.21. The molecule has 1 aliphatic rings. The van der Waals surface area contributed by atoms with E-state index in [1.807, 2.05) is 0 Å². The van der Waals surface area contributed by atoms with Gasteiger partial charge in [-0.05, 0) is 25.0 Å². The number of methoxy groups -OCH3 is 1. The van der Waals surface area contributed by atoms with Gasteiger partial charge in [-0.2, -0.15) is 12.6 Å². The van der Waals surface area contributed by atoms with E-state index in [0.717, 1.165) is 32.0 Å². The molecule has 0 saturated heterocycles. The highest BCUT2D eigenvalue weighted by molar-refractivity contribution is 7.80. The average molecular weight is 262 g/mol. The van der Waals surface area contributed by atoms with Crippen LogP contribution in [0.3, 0.4) is 0 Å². The molecule has 0 aromatic heterocycles. The maximum absolute atomic E-state index is 5.71. The summed E-state index contributed by atoms with van der Waals surface area (Å²) in [6.07, 6.45) is 6.16. The van der Waals surface area contributed by atoms with Crippen LogP contribution in [-0.2, 0) is 14.2 Å². The molecule has 1 saturated carbocycles. The van der Waals surface area contributed by atoms with Crippen molar-refractivity contribution in [2.75, 3.05) is 45.9 Å². The second kappa shape index (κ2) is 9.20. The van der Waals surface area contributed by atoms with Gasteiger partial charge in [0.15, 0.2) is 0 Å². The summed E-state index contributed by atoms with van der Waals surface area (Å²) < 4.78 is 16.1. The molecule has 4 heteroatoms. The van der Waals surface area contributed by atoms with Crippen LogP contribution in [0.4, 0.5) is 0 Å². The number of thiol groups is 1. The Balaban J connectivity index is 1.92. The summed E-state index contributed by atoms with van der Waals surface area (Å²) in [4.78, 5) is 0. The van der Waals surface area contributed by atoms with Gasteiger partial charge in [0.25, 0.3) is 0 Å². The molecule has 0 unspecified atom stereocenters. The van der Waals surface area contributed by atoms with Crippen molar-refractivity contribution >= 4 is 12.6 Å². The fourth-order valence-electron chi connectivity index (χ4n) is 2.29. The summed E-state index contributed by atoms with van der Waals surface area (Å²) in [5, 5.41) is 0. The second-order valence-electron chi connectivity index (χ2n) is 4.88. The number of rotatable bonds is 10. The fraction of sp³-hybridized carbons (Fsp3) is 1.00. The van der Waals surface area contributed by atoms with Gasteiger partial charge in [-0.3, -0.25) is 0 Å². The second-order valence-corrected chi connectivity index (χ2v) is 5.19. The smallest absolute Gasteiger partial charge is 0.0700 e. The highest BCUT2D eigenvalue weighted by atomic mass is 32.1. The third-order valence-corrected chi connectivity index (χ3v) is 4.09. The van der Waals surface area contributed by atoms with E-state index >= 15 is 0 Å².